The SMILES string of the molecule is CC1=C(c2ncco2)N=C(N)CN1Cc1nccc(OCC(F)(F)F)c1C. The minimum Gasteiger partial charge on any atom is -0.484 e. The van der Waals surface area contributed by atoms with Crippen LogP contribution in [-0.4, -0.2) is 40.0 Å². The van der Waals surface area contributed by atoms with Crippen molar-refractivity contribution in [3.05, 3.63) is 47.6 Å². The molecule has 10 heteroatoms. The minimum atomic E-state index is -4.40. The number of aliphatic imine (C=N–C) groups is 1. The summed E-state index contributed by atoms with van der Waals surface area (Å²) in [6.45, 7) is 2.83. The Kier molecular flexibility index (Phi) is 5.06. The van der Waals surface area contributed by atoms with E-state index in [1.54, 1.807) is 6.92 Å². The van der Waals surface area contributed by atoms with Crippen LogP contribution in [-0.2, 0) is 6.54 Å². The maximum atomic E-state index is 12.4. The van der Waals surface area contributed by atoms with Crippen LogP contribution in [0.1, 0.15) is 24.1 Å². The summed E-state index contributed by atoms with van der Waals surface area (Å²) in [5, 5.41) is 0. The first kappa shape index (κ1) is 18.7. The van der Waals surface area contributed by atoms with Gasteiger partial charge in [-0.2, -0.15) is 13.2 Å². The molecule has 0 saturated carbocycles. The Morgan fingerprint density at radius 3 is 2.70 bits per heavy atom. The molecule has 0 fully saturated rings. The van der Waals surface area contributed by atoms with Crippen LogP contribution in [0.2, 0.25) is 0 Å². The number of amidine groups is 1. The summed E-state index contributed by atoms with van der Waals surface area (Å²) < 4.78 is 47.5. The van der Waals surface area contributed by atoms with E-state index in [4.69, 9.17) is 14.9 Å². The molecule has 0 radical (unpaired) electrons. The zero-order chi connectivity index (χ0) is 19.6. The third-order valence-electron chi connectivity index (χ3n) is 4.05. The van der Waals surface area contributed by atoms with Gasteiger partial charge in [-0.15, -0.1) is 0 Å². The van der Waals surface area contributed by atoms with Gasteiger partial charge in [0.05, 0.1) is 25.0 Å². The summed E-state index contributed by atoms with van der Waals surface area (Å²) in [4.78, 5) is 14.6. The Bertz CT molecular complexity index is 875. The van der Waals surface area contributed by atoms with E-state index in [9.17, 15) is 13.2 Å². The van der Waals surface area contributed by atoms with Crippen molar-refractivity contribution in [1.29, 1.82) is 0 Å². The van der Waals surface area contributed by atoms with Gasteiger partial charge in [-0.1, -0.05) is 0 Å². The molecule has 1 aliphatic heterocycles. The first-order valence-corrected chi connectivity index (χ1v) is 8.07. The number of oxazole rings is 1. The average Bonchev–Trinajstić information content (AvgIpc) is 3.12. The number of hydrogen-bond donors (Lipinski definition) is 1. The van der Waals surface area contributed by atoms with Crippen LogP contribution < -0.4 is 10.5 Å². The minimum absolute atomic E-state index is 0.144. The fourth-order valence-electron chi connectivity index (χ4n) is 2.66. The normalized spacial score (nSPS) is 15.1. The Labute approximate surface area is 153 Å². The van der Waals surface area contributed by atoms with Gasteiger partial charge in [0.2, 0.25) is 5.89 Å². The molecule has 0 atom stereocenters. The maximum Gasteiger partial charge on any atom is 0.422 e. The predicted octanol–water partition coefficient (Wildman–Crippen LogP) is 2.88. The van der Waals surface area contributed by atoms with E-state index in [0.717, 1.165) is 5.70 Å². The van der Waals surface area contributed by atoms with E-state index in [2.05, 4.69) is 15.0 Å². The lowest BCUT2D eigenvalue weighted by molar-refractivity contribution is -0.153. The monoisotopic (exact) mass is 381 g/mol. The summed E-state index contributed by atoms with van der Waals surface area (Å²) in [5.74, 6) is 0.855. The number of ether oxygens (including phenoxy) is 1. The Hall–Kier alpha value is -3.04. The van der Waals surface area contributed by atoms with E-state index in [0.29, 0.717) is 41.8 Å². The molecule has 0 saturated heterocycles. The van der Waals surface area contributed by atoms with Crippen molar-refractivity contribution in [2.24, 2.45) is 10.7 Å². The second kappa shape index (κ2) is 7.29. The van der Waals surface area contributed by atoms with Crippen molar-refractivity contribution in [1.82, 2.24) is 14.9 Å². The Balaban J connectivity index is 1.84. The summed E-state index contributed by atoms with van der Waals surface area (Å²) in [7, 11) is 0. The number of aromatic nitrogens is 2. The summed E-state index contributed by atoms with van der Waals surface area (Å²) in [6, 6.07) is 1.41. The van der Waals surface area contributed by atoms with Crippen molar-refractivity contribution in [3.63, 3.8) is 0 Å². The number of hydrogen-bond acceptors (Lipinski definition) is 7. The predicted molar refractivity (Wildman–Crippen MR) is 91.7 cm³/mol. The molecule has 0 spiro atoms. The van der Waals surface area contributed by atoms with Crippen LogP contribution in [0.15, 0.2) is 39.8 Å². The lowest BCUT2D eigenvalue weighted by Gasteiger charge is -2.29. The molecule has 2 aromatic heterocycles. The number of allylic oxidation sites excluding steroid dienone is 1. The topological polar surface area (TPSA) is 89.8 Å². The van der Waals surface area contributed by atoms with E-state index in [1.165, 1.54) is 24.7 Å². The summed E-state index contributed by atoms with van der Waals surface area (Å²) >= 11 is 0. The number of alkyl halides is 3. The molecule has 0 amide bonds. The van der Waals surface area contributed by atoms with Crippen molar-refractivity contribution >= 4 is 11.5 Å². The van der Waals surface area contributed by atoms with E-state index < -0.39 is 12.8 Å². The van der Waals surface area contributed by atoms with Crippen LogP contribution in [0.5, 0.6) is 5.75 Å². The van der Waals surface area contributed by atoms with E-state index in [1.807, 2.05) is 11.8 Å². The molecule has 1 aliphatic rings. The highest BCUT2D eigenvalue weighted by molar-refractivity contribution is 5.90. The smallest absolute Gasteiger partial charge is 0.422 e. The zero-order valence-electron chi connectivity index (χ0n) is 14.7. The molecule has 2 N–H and O–H groups in total. The van der Waals surface area contributed by atoms with Crippen molar-refractivity contribution < 1.29 is 22.3 Å². The third kappa shape index (κ3) is 4.39. The molecule has 3 heterocycles. The molecule has 7 nitrogen and oxygen atoms in total. The standard InChI is InChI=1S/C17H18F3N5O2/c1-10-12(22-4-3-13(10)27-9-17(18,19)20)7-25-8-14(21)24-15(11(25)2)16-23-5-6-26-16/h3-6H,7-9H2,1-2H3,(H2,21,24). The van der Waals surface area contributed by atoms with Gasteiger partial charge in [0, 0.05) is 17.5 Å². The lowest BCUT2D eigenvalue weighted by Crippen LogP contribution is -2.36. The molecule has 0 aliphatic carbocycles. The van der Waals surface area contributed by atoms with Gasteiger partial charge in [-0.25, -0.2) is 9.98 Å². The third-order valence-corrected chi connectivity index (χ3v) is 4.05. The molecular formula is C17H18F3N5O2. The number of pyridine rings is 1. The highest BCUT2D eigenvalue weighted by Gasteiger charge is 2.29. The van der Waals surface area contributed by atoms with Gasteiger partial charge in [-0.3, -0.25) is 4.98 Å². The van der Waals surface area contributed by atoms with Crippen molar-refractivity contribution in [3.8, 4) is 5.75 Å². The van der Waals surface area contributed by atoms with Crippen molar-refractivity contribution in [2.75, 3.05) is 13.2 Å². The van der Waals surface area contributed by atoms with Gasteiger partial charge in [-0.05, 0) is 19.9 Å². The van der Waals surface area contributed by atoms with Gasteiger partial charge in [0.1, 0.15) is 23.5 Å². The van der Waals surface area contributed by atoms with Gasteiger partial charge in [0.25, 0.3) is 0 Å². The first-order chi connectivity index (χ1) is 12.7. The highest BCUT2D eigenvalue weighted by atomic mass is 19.4. The highest BCUT2D eigenvalue weighted by Crippen LogP contribution is 2.28. The van der Waals surface area contributed by atoms with E-state index in [-0.39, 0.29) is 5.75 Å². The zero-order valence-corrected chi connectivity index (χ0v) is 14.7. The maximum absolute atomic E-state index is 12.4. The van der Waals surface area contributed by atoms with Gasteiger partial charge in [0.15, 0.2) is 6.61 Å². The largest absolute Gasteiger partial charge is 0.484 e. The fourth-order valence-corrected chi connectivity index (χ4v) is 2.66. The molecule has 0 aromatic carbocycles. The van der Waals surface area contributed by atoms with Crippen LogP contribution >= 0.6 is 0 Å². The molecule has 0 unspecified atom stereocenters. The molecular weight excluding hydrogens is 363 g/mol. The van der Waals surface area contributed by atoms with Crippen LogP contribution in [0.3, 0.4) is 0 Å². The molecule has 0 bridgehead atoms. The number of nitrogens with zero attached hydrogens (tertiary/aromatic N) is 4. The average molecular weight is 381 g/mol. The van der Waals surface area contributed by atoms with Gasteiger partial charge >= 0.3 is 6.18 Å². The van der Waals surface area contributed by atoms with Crippen molar-refractivity contribution in [2.45, 2.75) is 26.6 Å². The Morgan fingerprint density at radius 1 is 1.26 bits per heavy atom. The van der Waals surface area contributed by atoms with Crippen LogP contribution in [0.4, 0.5) is 13.2 Å². The first-order valence-electron chi connectivity index (χ1n) is 8.07. The van der Waals surface area contributed by atoms with Crippen LogP contribution in [0, 0.1) is 6.92 Å². The molecule has 2 aromatic rings. The summed E-state index contributed by atoms with van der Waals surface area (Å²) in [5.41, 5.74) is 8.33. The second-order valence-corrected chi connectivity index (χ2v) is 6.02. The van der Waals surface area contributed by atoms with Crippen LogP contribution in [0.25, 0.3) is 5.70 Å². The quantitative estimate of drug-likeness (QED) is 0.857. The van der Waals surface area contributed by atoms with E-state index >= 15 is 0 Å². The Morgan fingerprint density at radius 2 is 2.04 bits per heavy atom. The molecule has 144 valence electrons. The number of rotatable bonds is 5. The van der Waals surface area contributed by atoms with Gasteiger partial charge < -0.3 is 19.8 Å². The molecule has 3 rings (SSSR count). The molecule has 27 heavy (non-hydrogen) atoms. The summed E-state index contributed by atoms with van der Waals surface area (Å²) in [6.07, 6.45) is -0.0394. The number of halogens is 3. The fraction of sp³-hybridized carbons (Fsp3) is 0.353. The second-order valence-electron chi connectivity index (χ2n) is 6.02. The number of nitrogens with two attached hydrogens (primary N) is 1. The lowest BCUT2D eigenvalue weighted by atomic mass is 10.1.